The summed E-state index contributed by atoms with van der Waals surface area (Å²) < 4.78 is 32.3. The van der Waals surface area contributed by atoms with Crippen molar-refractivity contribution < 1.29 is 38.4 Å². The molecule has 14 nitrogen and oxygen atoms in total. The minimum Gasteiger partial charge on any atom is -0.497 e. The van der Waals surface area contributed by atoms with Gasteiger partial charge in [-0.15, -0.1) is 0 Å². The van der Waals surface area contributed by atoms with Crippen LogP contribution in [0.3, 0.4) is 0 Å². The van der Waals surface area contributed by atoms with Crippen molar-refractivity contribution in [3.63, 3.8) is 0 Å². The van der Waals surface area contributed by atoms with Crippen LogP contribution in [0.1, 0.15) is 36.3 Å². The van der Waals surface area contributed by atoms with Crippen LogP contribution in [0, 0.1) is 0 Å². The van der Waals surface area contributed by atoms with E-state index < -0.39 is 30.1 Å². The number of aliphatic hydroxyl groups excluding tert-OH is 1. The van der Waals surface area contributed by atoms with Crippen molar-refractivity contribution in [1.82, 2.24) is 24.8 Å². The van der Waals surface area contributed by atoms with Gasteiger partial charge < -0.3 is 39.4 Å². The molecule has 0 spiro atoms. The van der Waals surface area contributed by atoms with Crippen LogP contribution >= 0.6 is 0 Å². The van der Waals surface area contributed by atoms with E-state index in [-0.39, 0.29) is 37.3 Å². The zero-order chi connectivity index (χ0) is 36.0. The molecule has 1 saturated heterocycles. The predicted molar refractivity (Wildman–Crippen MR) is 186 cm³/mol. The maximum atomic E-state index is 12.1. The Bertz CT molecular complexity index is 1890. The number of aromatic nitrogens is 4. The third-order valence-corrected chi connectivity index (χ3v) is 8.80. The molecule has 51 heavy (non-hydrogen) atoms. The van der Waals surface area contributed by atoms with E-state index in [0.29, 0.717) is 22.7 Å². The van der Waals surface area contributed by atoms with Gasteiger partial charge in [-0.3, -0.25) is 14.2 Å². The number of nitrogens with one attached hydrogen (secondary N) is 2. The molecule has 4 atom stereocenters. The lowest BCUT2D eigenvalue weighted by Crippen LogP contribution is -2.40. The molecule has 1 aliphatic rings. The maximum absolute atomic E-state index is 12.1. The lowest BCUT2D eigenvalue weighted by molar-refractivity contribution is -0.124. The monoisotopic (exact) mass is 696 g/mol. The number of fused-ring (bicyclic) bond motifs is 1. The van der Waals surface area contributed by atoms with Crippen LogP contribution in [-0.4, -0.2) is 89.2 Å². The second kappa shape index (κ2) is 15.6. The van der Waals surface area contributed by atoms with E-state index in [1.54, 1.807) is 25.8 Å². The van der Waals surface area contributed by atoms with Crippen LogP contribution in [0.2, 0.25) is 0 Å². The number of amides is 2. The standard InChI is InChI=1S/C37H40N6O8/c1-23(44)42-34-31-35(40-21-39-34)43(22-41-31)36-33(49-19-18-30(45)38-2)32(46)29(51-36)20-50-37(24-8-6-5-7-9-24,25-10-14-27(47-3)15-11-25)26-12-16-28(48-4)17-13-26/h5-17,21-22,29,32-33,36,46H,18-20H2,1-4H3,(H,38,45)(H,39,40,42,44)/t29-,32-,33-,36-/m1/s1. The van der Waals surface area contributed by atoms with E-state index in [4.69, 9.17) is 23.7 Å². The van der Waals surface area contributed by atoms with Gasteiger partial charge >= 0.3 is 0 Å². The van der Waals surface area contributed by atoms with Crippen LogP contribution in [0.5, 0.6) is 11.5 Å². The summed E-state index contributed by atoms with van der Waals surface area (Å²) in [6, 6.07) is 25.0. The van der Waals surface area contributed by atoms with Gasteiger partial charge in [-0.25, -0.2) is 15.0 Å². The largest absolute Gasteiger partial charge is 0.497 e. The topological polar surface area (TPSA) is 168 Å². The van der Waals surface area contributed by atoms with Gasteiger partial charge in [-0.2, -0.15) is 0 Å². The minimum atomic E-state index is -1.20. The molecule has 0 saturated carbocycles. The van der Waals surface area contributed by atoms with Crippen molar-refractivity contribution in [3.8, 4) is 11.5 Å². The van der Waals surface area contributed by atoms with E-state index in [0.717, 1.165) is 16.7 Å². The lowest BCUT2D eigenvalue weighted by atomic mass is 9.80. The number of carbonyl (C=O) groups is 2. The van der Waals surface area contributed by atoms with Gasteiger partial charge in [0, 0.05) is 20.4 Å². The second-order valence-electron chi connectivity index (χ2n) is 11.9. The molecule has 0 radical (unpaired) electrons. The van der Waals surface area contributed by atoms with Crippen LogP contribution in [-0.2, 0) is 29.4 Å². The van der Waals surface area contributed by atoms with Crippen LogP contribution in [0.4, 0.5) is 5.82 Å². The quantitative estimate of drug-likeness (QED) is 0.145. The average Bonchev–Trinajstić information content (AvgIpc) is 3.73. The lowest BCUT2D eigenvalue weighted by Gasteiger charge is -2.37. The number of hydrogen-bond donors (Lipinski definition) is 3. The number of methoxy groups -OCH3 is 2. The number of carbonyl (C=O) groups excluding carboxylic acids is 2. The Morgan fingerprint density at radius 1 is 0.902 bits per heavy atom. The zero-order valence-corrected chi connectivity index (χ0v) is 28.7. The first kappa shape index (κ1) is 35.4. The van der Waals surface area contributed by atoms with E-state index in [1.165, 1.54) is 19.6 Å². The second-order valence-corrected chi connectivity index (χ2v) is 11.9. The van der Waals surface area contributed by atoms with Crippen molar-refractivity contribution >= 4 is 28.8 Å². The van der Waals surface area contributed by atoms with Gasteiger partial charge in [0.2, 0.25) is 11.8 Å². The van der Waals surface area contributed by atoms with Crippen LogP contribution < -0.4 is 20.1 Å². The van der Waals surface area contributed by atoms with E-state index in [9.17, 15) is 14.7 Å². The molecular weight excluding hydrogens is 656 g/mol. The summed E-state index contributed by atoms with van der Waals surface area (Å²) >= 11 is 0. The summed E-state index contributed by atoms with van der Waals surface area (Å²) in [5.41, 5.74) is 1.97. The van der Waals surface area contributed by atoms with Crippen LogP contribution in [0.25, 0.3) is 11.2 Å². The molecule has 3 N–H and O–H groups in total. The summed E-state index contributed by atoms with van der Waals surface area (Å²) in [5, 5.41) is 17.1. The molecule has 1 aliphatic heterocycles. The number of rotatable bonds is 14. The highest BCUT2D eigenvalue weighted by Crippen LogP contribution is 2.43. The maximum Gasteiger partial charge on any atom is 0.222 e. The van der Waals surface area contributed by atoms with Crippen molar-refractivity contribution in [1.29, 1.82) is 0 Å². The average molecular weight is 697 g/mol. The smallest absolute Gasteiger partial charge is 0.222 e. The van der Waals surface area contributed by atoms with E-state index >= 15 is 0 Å². The zero-order valence-electron chi connectivity index (χ0n) is 28.7. The first-order chi connectivity index (χ1) is 24.8. The fourth-order valence-corrected chi connectivity index (χ4v) is 6.25. The Balaban J connectivity index is 1.39. The predicted octanol–water partition coefficient (Wildman–Crippen LogP) is 3.59. The number of benzene rings is 3. The third-order valence-electron chi connectivity index (χ3n) is 8.80. The van der Waals surface area contributed by atoms with Crippen molar-refractivity contribution in [3.05, 3.63) is 108 Å². The van der Waals surface area contributed by atoms with Gasteiger partial charge in [0.05, 0.1) is 33.8 Å². The number of ether oxygens (including phenoxy) is 5. The summed E-state index contributed by atoms with van der Waals surface area (Å²) in [4.78, 5) is 36.9. The SMILES string of the molecule is CNC(=O)CCO[C@@H]1[C@H](O)[C@@H](COC(c2ccccc2)(c2ccc(OC)cc2)c2ccc(OC)cc2)O[C@H]1n1cnc2c(NC(C)=O)ncnc21. The number of aliphatic hydroxyl groups is 1. The number of nitrogens with zero attached hydrogens (tertiary/aromatic N) is 4. The van der Waals surface area contributed by atoms with Gasteiger partial charge in [-0.1, -0.05) is 54.6 Å². The van der Waals surface area contributed by atoms with Gasteiger partial charge in [0.25, 0.3) is 0 Å². The molecule has 0 unspecified atom stereocenters. The molecule has 14 heteroatoms. The molecule has 3 heterocycles. The number of imidazole rings is 1. The Morgan fingerprint density at radius 3 is 2.12 bits per heavy atom. The molecule has 0 aliphatic carbocycles. The summed E-state index contributed by atoms with van der Waals surface area (Å²) in [5.74, 6) is 1.06. The molecule has 266 valence electrons. The van der Waals surface area contributed by atoms with E-state index in [2.05, 4.69) is 25.6 Å². The molecule has 1 fully saturated rings. The fraction of sp³-hybridized carbons (Fsp3) is 0.324. The fourth-order valence-electron chi connectivity index (χ4n) is 6.25. The molecular formula is C37H40N6O8. The summed E-state index contributed by atoms with van der Waals surface area (Å²) in [7, 11) is 4.76. The van der Waals surface area contributed by atoms with Crippen molar-refractivity contribution in [2.75, 3.05) is 39.8 Å². The first-order valence-electron chi connectivity index (χ1n) is 16.4. The highest BCUT2D eigenvalue weighted by Gasteiger charge is 2.48. The van der Waals surface area contributed by atoms with E-state index in [1.807, 2.05) is 78.9 Å². The molecule has 3 aromatic carbocycles. The molecule has 0 bridgehead atoms. The molecule has 6 rings (SSSR count). The van der Waals surface area contributed by atoms with Crippen LogP contribution in [0.15, 0.2) is 91.5 Å². The number of anilines is 1. The Kier molecular flexibility index (Phi) is 10.9. The number of hydrogen-bond acceptors (Lipinski definition) is 11. The summed E-state index contributed by atoms with van der Waals surface area (Å²) in [6.45, 7) is 1.30. The molecule has 2 amide bonds. The Morgan fingerprint density at radius 2 is 1.53 bits per heavy atom. The van der Waals surface area contributed by atoms with Crippen molar-refractivity contribution in [2.24, 2.45) is 0 Å². The summed E-state index contributed by atoms with van der Waals surface area (Å²) in [6.07, 6.45) is -1.13. The van der Waals surface area contributed by atoms with Crippen molar-refractivity contribution in [2.45, 2.75) is 43.5 Å². The molecule has 2 aromatic heterocycles. The highest BCUT2D eigenvalue weighted by molar-refractivity contribution is 5.95. The highest BCUT2D eigenvalue weighted by atomic mass is 16.6. The van der Waals surface area contributed by atoms with Gasteiger partial charge in [0.1, 0.15) is 41.7 Å². The van der Waals surface area contributed by atoms with Gasteiger partial charge in [-0.05, 0) is 41.0 Å². The minimum absolute atomic E-state index is 0.0131. The Labute approximate surface area is 294 Å². The normalized spacial score (nSPS) is 18.8. The Hall–Kier alpha value is -5.41. The molecule has 5 aromatic rings. The first-order valence-corrected chi connectivity index (χ1v) is 16.4. The third kappa shape index (κ3) is 7.25. The van der Waals surface area contributed by atoms with Gasteiger partial charge in [0.15, 0.2) is 23.2 Å².